The monoisotopic (exact) mass is 270 g/mol. The van der Waals surface area contributed by atoms with Gasteiger partial charge in [0.2, 0.25) is 5.91 Å². The number of rotatable bonds is 9. The van der Waals surface area contributed by atoms with Crippen molar-refractivity contribution >= 4 is 5.91 Å². The normalized spacial score (nSPS) is 16.2. The molecule has 0 aliphatic heterocycles. The van der Waals surface area contributed by atoms with E-state index in [0.29, 0.717) is 31.8 Å². The molecule has 0 bridgehead atoms. The number of carbonyl (C=O) groups is 1. The summed E-state index contributed by atoms with van der Waals surface area (Å²) in [5, 5.41) is 3.41. The molecule has 4 nitrogen and oxygen atoms in total. The molecule has 1 amide bonds. The minimum Gasteiger partial charge on any atom is -0.383 e. The summed E-state index contributed by atoms with van der Waals surface area (Å²) >= 11 is 0. The average Bonchev–Trinajstić information content (AvgIpc) is 2.94. The molecule has 1 rings (SSSR count). The number of methoxy groups -OCH3 is 1. The van der Waals surface area contributed by atoms with Crippen LogP contribution in [0.4, 0.5) is 0 Å². The number of carbonyl (C=O) groups excluding carboxylic acids is 1. The molecule has 0 radical (unpaired) electrons. The highest BCUT2D eigenvalue weighted by atomic mass is 16.5. The summed E-state index contributed by atoms with van der Waals surface area (Å²) in [6.45, 7) is 6.09. The largest absolute Gasteiger partial charge is 0.383 e. The van der Waals surface area contributed by atoms with Crippen LogP contribution in [0.3, 0.4) is 0 Å². The van der Waals surface area contributed by atoms with Gasteiger partial charge in [0, 0.05) is 25.7 Å². The van der Waals surface area contributed by atoms with E-state index in [9.17, 15) is 4.79 Å². The van der Waals surface area contributed by atoms with E-state index in [1.165, 1.54) is 25.7 Å². The maximum absolute atomic E-state index is 12.4. The van der Waals surface area contributed by atoms with Gasteiger partial charge < -0.3 is 15.0 Å². The smallest absolute Gasteiger partial charge is 0.236 e. The first-order chi connectivity index (χ1) is 9.22. The summed E-state index contributed by atoms with van der Waals surface area (Å²) in [5.74, 6) is 0.220. The summed E-state index contributed by atoms with van der Waals surface area (Å²) in [6, 6.07) is 0.892. The minimum absolute atomic E-state index is 0.220. The van der Waals surface area contributed by atoms with Gasteiger partial charge >= 0.3 is 0 Å². The highest BCUT2D eigenvalue weighted by Gasteiger charge is 2.22. The van der Waals surface area contributed by atoms with Crippen LogP contribution in [0, 0.1) is 0 Å². The van der Waals surface area contributed by atoms with E-state index >= 15 is 0 Å². The van der Waals surface area contributed by atoms with Crippen molar-refractivity contribution < 1.29 is 9.53 Å². The summed E-state index contributed by atoms with van der Waals surface area (Å²) in [4.78, 5) is 14.4. The van der Waals surface area contributed by atoms with Crippen LogP contribution in [0.1, 0.15) is 52.4 Å². The van der Waals surface area contributed by atoms with Crippen molar-refractivity contribution in [2.45, 2.75) is 64.5 Å². The van der Waals surface area contributed by atoms with Gasteiger partial charge in [-0.2, -0.15) is 0 Å². The van der Waals surface area contributed by atoms with E-state index < -0.39 is 0 Å². The molecule has 19 heavy (non-hydrogen) atoms. The Bertz CT molecular complexity index is 249. The van der Waals surface area contributed by atoms with Gasteiger partial charge in [-0.15, -0.1) is 0 Å². The number of ether oxygens (including phenoxy) is 1. The molecule has 0 aromatic rings. The predicted octanol–water partition coefficient (Wildman–Crippen LogP) is 2.18. The first-order valence-electron chi connectivity index (χ1n) is 7.74. The van der Waals surface area contributed by atoms with E-state index in [1.807, 2.05) is 4.90 Å². The first-order valence-corrected chi connectivity index (χ1v) is 7.74. The number of nitrogens with zero attached hydrogens (tertiary/aromatic N) is 1. The van der Waals surface area contributed by atoms with Crippen LogP contribution in [0.2, 0.25) is 0 Å². The number of hydrogen-bond acceptors (Lipinski definition) is 3. The zero-order valence-electron chi connectivity index (χ0n) is 12.8. The van der Waals surface area contributed by atoms with Crippen LogP contribution in [0.5, 0.6) is 0 Å². The molecule has 0 heterocycles. The molecule has 0 saturated heterocycles. The Kier molecular flexibility index (Phi) is 8.07. The van der Waals surface area contributed by atoms with E-state index in [0.717, 1.165) is 12.8 Å². The van der Waals surface area contributed by atoms with Crippen molar-refractivity contribution in [1.82, 2.24) is 10.2 Å². The fourth-order valence-corrected chi connectivity index (χ4v) is 2.89. The van der Waals surface area contributed by atoms with E-state index in [1.54, 1.807) is 7.11 Å². The van der Waals surface area contributed by atoms with Crippen molar-refractivity contribution in [3.05, 3.63) is 0 Å². The van der Waals surface area contributed by atoms with E-state index in [-0.39, 0.29) is 5.91 Å². The van der Waals surface area contributed by atoms with Crippen LogP contribution in [-0.2, 0) is 9.53 Å². The van der Waals surface area contributed by atoms with Crippen LogP contribution in [0.25, 0.3) is 0 Å². The fourth-order valence-electron chi connectivity index (χ4n) is 2.89. The number of hydrogen-bond donors (Lipinski definition) is 1. The molecular formula is C15H30N2O2. The van der Waals surface area contributed by atoms with Crippen LogP contribution < -0.4 is 5.32 Å². The van der Waals surface area contributed by atoms with Crippen LogP contribution in [0.15, 0.2) is 0 Å². The molecule has 112 valence electrons. The van der Waals surface area contributed by atoms with Crippen LogP contribution in [-0.4, -0.2) is 49.7 Å². The third-order valence-corrected chi connectivity index (χ3v) is 4.14. The zero-order chi connectivity index (χ0) is 14.1. The SMILES string of the molecule is CCC(CC)N(CCOC)C(=O)CNC1CCCC1. The summed E-state index contributed by atoms with van der Waals surface area (Å²) in [7, 11) is 1.69. The topological polar surface area (TPSA) is 41.6 Å². The Morgan fingerprint density at radius 3 is 2.47 bits per heavy atom. The Hall–Kier alpha value is -0.610. The van der Waals surface area contributed by atoms with Gasteiger partial charge in [-0.05, 0) is 25.7 Å². The molecule has 0 aromatic carbocycles. The second kappa shape index (κ2) is 9.32. The molecular weight excluding hydrogens is 240 g/mol. The quantitative estimate of drug-likeness (QED) is 0.698. The minimum atomic E-state index is 0.220. The average molecular weight is 270 g/mol. The fraction of sp³-hybridized carbons (Fsp3) is 0.933. The van der Waals surface area contributed by atoms with Crippen molar-refractivity contribution in [3.63, 3.8) is 0 Å². The van der Waals surface area contributed by atoms with Crippen molar-refractivity contribution in [3.8, 4) is 0 Å². The lowest BCUT2D eigenvalue weighted by molar-refractivity contribution is -0.133. The third-order valence-electron chi connectivity index (χ3n) is 4.14. The number of amides is 1. The van der Waals surface area contributed by atoms with Crippen molar-refractivity contribution in [1.29, 1.82) is 0 Å². The first kappa shape index (κ1) is 16.4. The molecule has 1 N–H and O–H groups in total. The third kappa shape index (κ3) is 5.49. The van der Waals surface area contributed by atoms with E-state index in [4.69, 9.17) is 4.74 Å². The lowest BCUT2D eigenvalue weighted by Crippen LogP contribution is -2.47. The molecule has 0 unspecified atom stereocenters. The number of nitrogens with one attached hydrogen (secondary N) is 1. The standard InChI is InChI=1S/C15H30N2O2/c1-4-14(5-2)17(10-11-19-3)15(18)12-16-13-8-6-7-9-13/h13-14,16H,4-12H2,1-3H3. The Morgan fingerprint density at radius 1 is 1.32 bits per heavy atom. The molecule has 0 spiro atoms. The summed E-state index contributed by atoms with van der Waals surface area (Å²) < 4.78 is 5.13. The molecule has 1 saturated carbocycles. The summed E-state index contributed by atoms with van der Waals surface area (Å²) in [5.41, 5.74) is 0. The van der Waals surface area contributed by atoms with Gasteiger partial charge in [-0.3, -0.25) is 4.79 Å². The highest BCUT2D eigenvalue weighted by Crippen LogP contribution is 2.17. The molecule has 0 atom stereocenters. The van der Waals surface area contributed by atoms with Gasteiger partial charge in [0.25, 0.3) is 0 Å². The lowest BCUT2D eigenvalue weighted by atomic mass is 10.1. The van der Waals surface area contributed by atoms with Gasteiger partial charge in [-0.1, -0.05) is 26.7 Å². The Labute approximate surface area is 117 Å². The molecule has 1 aliphatic rings. The maximum atomic E-state index is 12.4. The predicted molar refractivity (Wildman–Crippen MR) is 78.2 cm³/mol. The highest BCUT2D eigenvalue weighted by molar-refractivity contribution is 5.78. The lowest BCUT2D eigenvalue weighted by Gasteiger charge is -2.31. The van der Waals surface area contributed by atoms with Gasteiger partial charge in [-0.25, -0.2) is 0 Å². The zero-order valence-corrected chi connectivity index (χ0v) is 12.8. The molecule has 1 fully saturated rings. The molecule has 1 aliphatic carbocycles. The van der Waals surface area contributed by atoms with Crippen LogP contribution >= 0.6 is 0 Å². The Balaban J connectivity index is 2.44. The molecule has 4 heteroatoms. The Morgan fingerprint density at radius 2 is 1.95 bits per heavy atom. The van der Waals surface area contributed by atoms with Gasteiger partial charge in [0.15, 0.2) is 0 Å². The maximum Gasteiger partial charge on any atom is 0.236 e. The van der Waals surface area contributed by atoms with Crippen molar-refractivity contribution in [2.75, 3.05) is 26.8 Å². The second-order valence-electron chi connectivity index (χ2n) is 5.41. The van der Waals surface area contributed by atoms with Gasteiger partial charge in [0.1, 0.15) is 0 Å². The second-order valence-corrected chi connectivity index (χ2v) is 5.41. The molecule has 0 aromatic heterocycles. The summed E-state index contributed by atoms with van der Waals surface area (Å²) in [6.07, 6.45) is 7.05. The van der Waals surface area contributed by atoms with Gasteiger partial charge in [0.05, 0.1) is 13.2 Å². The van der Waals surface area contributed by atoms with Crippen molar-refractivity contribution in [2.24, 2.45) is 0 Å². The van der Waals surface area contributed by atoms with E-state index in [2.05, 4.69) is 19.2 Å².